The molecule has 0 heterocycles. The fourth-order valence-corrected chi connectivity index (χ4v) is 2.67. The summed E-state index contributed by atoms with van der Waals surface area (Å²) in [4.78, 5) is 34.7. The Hall–Kier alpha value is -3.48. The molecule has 0 saturated heterocycles. The Balaban J connectivity index is 1.98. The molecule has 29 heavy (non-hydrogen) atoms. The van der Waals surface area contributed by atoms with Gasteiger partial charge < -0.3 is 10.1 Å². The molecule has 0 unspecified atom stereocenters. The minimum Gasteiger partial charge on any atom is -0.449 e. The van der Waals surface area contributed by atoms with Gasteiger partial charge in [0.25, 0.3) is 11.6 Å². The van der Waals surface area contributed by atoms with Crippen molar-refractivity contribution in [3.8, 4) is 0 Å². The van der Waals surface area contributed by atoms with Gasteiger partial charge in [0.05, 0.1) is 4.92 Å². The number of amides is 1. The van der Waals surface area contributed by atoms with Crippen LogP contribution < -0.4 is 5.32 Å². The molecule has 152 valence electrons. The Morgan fingerprint density at radius 3 is 2.59 bits per heavy atom. The molecule has 0 aromatic heterocycles. The molecular formula is C22H24N2O5. The maximum atomic E-state index is 12.4. The van der Waals surface area contributed by atoms with Crippen molar-refractivity contribution in [1.82, 2.24) is 0 Å². The molecule has 0 radical (unpaired) electrons. The number of hydrogen-bond acceptors (Lipinski definition) is 5. The van der Waals surface area contributed by atoms with E-state index in [2.05, 4.69) is 19.2 Å². The Labute approximate surface area is 169 Å². The van der Waals surface area contributed by atoms with E-state index in [0.717, 1.165) is 18.1 Å². The second-order valence-electron chi connectivity index (χ2n) is 6.65. The number of rotatable bonds is 8. The molecule has 2 aromatic rings. The summed E-state index contributed by atoms with van der Waals surface area (Å²) in [5.74, 6) is -0.866. The summed E-state index contributed by atoms with van der Waals surface area (Å²) in [6.45, 7) is 5.63. The zero-order chi connectivity index (χ0) is 21.4. The highest BCUT2D eigenvalue weighted by Gasteiger charge is 2.19. The van der Waals surface area contributed by atoms with Gasteiger partial charge in [0, 0.05) is 23.9 Å². The van der Waals surface area contributed by atoms with Gasteiger partial charge in [0.1, 0.15) is 0 Å². The Morgan fingerprint density at radius 1 is 1.17 bits per heavy atom. The molecule has 2 aromatic carbocycles. The number of nitrogens with one attached hydrogen (secondary N) is 1. The molecule has 0 aliphatic rings. The van der Waals surface area contributed by atoms with Crippen LogP contribution in [0, 0.1) is 10.1 Å². The van der Waals surface area contributed by atoms with E-state index in [1.165, 1.54) is 31.2 Å². The van der Waals surface area contributed by atoms with Crippen LogP contribution in [0.5, 0.6) is 0 Å². The van der Waals surface area contributed by atoms with Gasteiger partial charge in [0.2, 0.25) is 0 Å². The molecule has 0 bridgehead atoms. The quantitative estimate of drug-likeness (QED) is 0.302. The summed E-state index contributed by atoms with van der Waals surface area (Å²) >= 11 is 0. The van der Waals surface area contributed by atoms with Crippen LogP contribution in [-0.2, 0) is 14.3 Å². The maximum absolute atomic E-state index is 12.4. The monoisotopic (exact) mass is 396 g/mol. The van der Waals surface area contributed by atoms with Gasteiger partial charge in [-0.1, -0.05) is 44.2 Å². The van der Waals surface area contributed by atoms with Crippen molar-refractivity contribution in [2.45, 2.75) is 39.2 Å². The first-order chi connectivity index (χ1) is 13.8. The third kappa shape index (κ3) is 6.27. The number of carbonyl (C=O) groups is 2. The standard InChI is InChI=1S/C22H24N2O5/c1-4-15(2)19-10-5-6-11-20(19)23-22(26)16(3)29-21(25)13-12-17-8-7-9-18(14-17)24(27)28/h5-16H,4H2,1-3H3,(H,23,26)/b13-12+/t15-,16-/m0/s1. The zero-order valence-electron chi connectivity index (χ0n) is 16.6. The topological polar surface area (TPSA) is 98.5 Å². The van der Waals surface area contributed by atoms with Crippen LogP contribution in [0.3, 0.4) is 0 Å². The first kappa shape index (κ1) is 21.8. The van der Waals surface area contributed by atoms with Crippen LogP contribution >= 0.6 is 0 Å². The average Bonchev–Trinajstić information content (AvgIpc) is 2.72. The summed E-state index contributed by atoms with van der Waals surface area (Å²) < 4.78 is 5.14. The molecule has 1 amide bonds. The first-order valence-corrected chi connectivity index (χ1v) is 9.34. The molecule has 0 spiro atoms. The van der Waals surface area contributed by atoms with Crippen LogP contribution in [0.4, 0.5) is 11.4 Å². The summed E-state index contributed by atoms with van der Waals surface area (Å²) in [7, 11) is 0. The maximum Gasteiger partial charge on any atom is 0.331 e. The van der Waals surface area contributed by atoms with E-state index in [0.29, 0.717) is 11.3 Å². The van der Waals surface area contributed by atoms with E-state index >= 15 is 0 Å². The number of non-ortho nitro benzene ring substituents is 1. The van der Waals surface area contributed by atoms with Crippen molar-refractivity contribution in [1.29, 1.82) is 0 Å². The van der Waals surface area contributed by atoms with Crippen molar-refractivity contribution in [3.63, 3.8) is 0 Å². The lowest BCUT2D eigenvalue weighted by atomic mass is 9.97. The normalized spacial score (nSPS) is 12.9. The highest BCUT2D eigenvalue weighted by molar-refractivity contribution is 5.97. The number of para-hydroxylation sites is 1. The number of ether oxygens (including phenoxy) is 1. The zero-order valence-corrected chi connectivity index (χ0v) is 16.6. The predicted octanol–water partition coefficient (Wildman–Crippen LogP) is 4.69. The number of benzene rings is 2. The van der Waals surface area contributed by atoms with Gasteiger partial charge in [-0.25, -0.2) is 4.79 Å². The number of esters is 1. The Morgan fingerprint density at radius 2 is 1.90 bits per heavy atom. The van der Waals surface area contributed by atoms with Crippen molar-refractivity contribution in [3.05, 3.63) is 75.8 Å². The van der Waals surface area contributed by atoms with Crippen LogP contribution in [0.1, 0.15) is 44.2 Å². The van der Waals surface area contributed by atoms with E-state index in [1.807, 2.05) is 24.3 Å². The molecule has 7 heteroatoms. The molecule has 2 atom stereocenters. The third-order valence-corrected chi connectivity index (χ3v) is 4.52. The van der Waals surface area contributed by atoms with Gasteiger partial charge in [0.15, 0.2) is 6.10 Å². The lowest BCUT2D eigenvalue weighted by Gasteiger charge is -2.17. The van der Waals surface area contributed by atoms with E-state index in [-0.39, 0.29) is 11.6 Å². The van der Waals surface area contributed by atoms with Crippen molar-refractivity contribution in [2.75, 3.05) is 5.32 Å². The van der Waals surface area contributed by atoms with Crippen molar-refractivity contribution < 1.29 is 19.2 Å². The van der Waals surface area contributed by atoms with Crippen LogP contribution in [0.15, 0.2) is 54.6 Å². The highest BCUT2D eigenvalue weighted by Crippen LogP contribution is 2.26. The predicted molar refractivity (Wildman–Crippen MR) is 111 cm³/mol. The van der Waals surface area contributed by atoms with Crippen molar-refractivity contribution in [2.24, 2.45) is 0 Å². The molecule has 2 rings (SSSR count). The summed E-state index contributed by atoms with van der Waals surface area (Å²) in [6, 6.07) is 13.4. The summed E-state index contributed by atoms with van der Waals surface area (Å²) in [5.41, 5.74) is 2.12. The molecule has 7 nitrogen and oxygen atoms in total. The van der Waals surface area contributed by atoms with Gasteiger partial charge in [-0.3, -0.25) is 14.9 Å². The van der Waals surface area contributed by atoms with Gasteiger partial charge >= 0.3 is 5.97 Å². The van der Waals surface area contributed by atoms with Gasteiger partial charge in [-0.15, -0.1) is 0 Å². The lowest BCUT2D eigenvalue weighted by Crippen LogP contribution is -2.29. The number of nitro groups is 1. The molecular weight excluding hydrogens is 372 g/mol. The number of nitrogens with zero attached hydrogens (tertiary/aromatic N) is 1. The first-order valence-electron chi connectivity index (χ1n) is 9.34. The average molecular weight is 396 g/mol. The molecule has 0 saturated carbocycles. The lowest BCUT2D eigenvalue weighted by molar-refractivity contribution is -0.384. The minimum atomic E-state index is -0.998. The number of anilines is 1. The summed E-state index contributed by atoms with van der Waals surface area (Å²) in [6.07, 6.45) is 2.47. The molecule has 0 fully saturated rings. The molecule has 0 aliphatic heterocycles. The van der Waals surface area contributed by atoms with Gasteiger partial charge in [-0.2, -0.15) is 0 Å². The smallest absolute Gasteiger partial charge is 0.331 e. The second-order valence-corrected chi connectivity index (χ2v) is 6.65. The number of hydrogen-bond donors (Lipinski definition) is 1. The third-order valence-electron chi connectivity index (χ3n) is 4.52. The minimum absolute atomic E-state index is 0.0757. The SMILES string of the molecule is CC[C@H](C)c1ccccc1NC(=O)[C@H](C)OC(=O)/C=C/c1cccc([N+](=O)[O-])c1. The van der Waals surface area contributed by atoms with E-state index < -0.39 is 22.9 Å². The Kier molecular flexibility index (Phi) is 7.65. The largest absolute Gasteiger partial charge is 0.449 e. The van der Waals surface area contributed by atoms with E-state index in [9.17, 15) is 19.7 Å². The Bertz CT molecular complexity index is 923. The van der Waals surface area contributed by atoms with E-state index in [1.54, 1.807) is 6.07 Å². The summed E-state index contributed by atoms with van der Waals surface area (Å²) in [5, 5.41) is 13.6. The molecule has 1 N–H and O–H groups in total. The number of carbonyl (C=O) groups excluding carboxylic acids is 2. The van der Waals surface area contributed by atoms with E-state index in [4.69, 9.17) is 4.74 Å². The fourth-order valence-electron chi connectivity index (χ4n) is 2.67. The van der Waals surface area contributed by atoms with Crippen LogP contribution in [-0.4, -0.2) is 22.9 Å². The molecule has 0 aliphatic carbocycles. The number of nitro benzene ring substituents is 1. The second kappa shape index (κ2) is 10.2. The van der Waals surface area contributed by atoms with Crippen molar-refractivity contribution >= 4 is 29.3 Å². The van der Waals surface area contributed by atoms with Crippen LogP contribution in [0.25, 0.3) is 6.08 Å². The highest BCUT2D eigenvalue weighted by atomic mass is 16.6. The van der Waals surface area contributed by atoms with Gasteiger partial charge in [-0.05, 0) is 42.5 Å². The van der Waals surface area contributed by atoms with Crippen LogP contribution in [0.2, 0.25) is 0 Å². The fraction of sp³-hybridized carbons (Fsp3) is 0.273.